The van der Waals surface area contributed by atoms with Gasteiger partial charge in [-0.2, -0.15) is 0 Å². The molecule has 2 atom stereocenters. The maximum Gasteiger partial charge on any atom is 0.472 e. The number of nitrogens with one attached hydrogen (secondary N) is 2. The van der Waals surface area contributed by atoms with Crippen LogP contribution >= 0.6 is 29.4 Å². The van der Waals surface area contributed by atoms with Crippen molar-refractivity contribution in [2.24, 2.45) is 0 Å². The van der Waals surface area contributed by atoms with E-state index in [9.17, 15) is 28.6 Å². The fourth-order valence-electron chi connectivity index (χ4n) is 8.05. The predicted molar refractivity (Wildman–Crippen MR) is 338 cm³/mol. The first-order valence-electron chi connectivity index (χ1n) is 35.0. The van der Waals surface area contributed by atoms with E-state index in [2.05, 4.69) is 251 Å². The first kappa shape index (κ1) is 108. The normalized spacial score (nSPS) is 12.4. The van der Waals surface area contributed by atoms with Gasteiger partial charge in [0.2, 0.25) is 5.91 Å². The Bertz CT molecular complexity index is 2330. The summed E-state index contributed by atoms with van der Waals surface area (Å²) < 4.78 is 38.5. The summed E-state index contributed by atoms with van der Waals surface area (Å²) in [5, 5.41) is 158. The summed E-state index contributed by atoms with van der Waals surface area (Å²) in [6, 6.07) is 5.48. The fourth-order valence-corrected chi connectivity index (χ4v) is 10.7. The number of esters is 2. The summed E-state index contributed by atoms with van der Waals surface area (Å²) in [5.74, 6) is -0.862. The SMILES string of the molecule is CCCCCCCCCCCCCCCCCC(=O)OC[C@H](COP(=O)(O)OCCNC(=O)OCCOOOOOOOOOOOOOOOOOOOOOOOOOOOOOOOOOOOOOOOOOOOO/C=C\NC(=O)CCSSc1ccccn1)OC(=O)CCCCCCCCCCCCCCCCC. The molecule has 0 aliphatic carbocycles. The quantitative estimate of drug-likeness (QED) is 0.00797. The molecule has 0 spiro atoms. The molecule has 674 valence electrons. The van der Waals surface area contributed by atoms with Crippen molar-refractivity contribution >= 4 is 53.3 Å². The minimum Gasteiger partial charge on any atom is -0.462 e. The van der Waals surface area contributed by atoms with Crippen LogP contribution in [0.2, 0.25) is 0 Å². The lowest BCUT2D eigenvalue weighted by atomic mass is 10.0. The van der Waals surface area contributed by atoms with E-state index in [4.69, 9.17) is 23.3 Å². The molecule has 0 saturated carbocycles. The topological polar surface area (TPSA) is 595 Å². The zero-order valence-corrected chi connectivity index (χ0v) is 64.6. The van der Waals surface area contributed by atoms with Gasteiger partial charge >= 0.3 is 25.9 Å². The summed E-state index contributed by atoms with van der Waals surface area (Å²) in [5.41, 5.74) is 0. The molecule has 0 bridgehead atoms. The van der Waals surface area contributed by atoms with Crippen molar-refractivity contribution in [2.45, 2.75) is 237 Å². The first-order valence-corrected chi connectivity index (χ1v) is 38.8. The van der Waals surface area contributed by atoms with Gasteiger partial charge in [0.25, 0.3) is 0 Å². The van der Waals surface area contributed by atoms with Crippen molar-refractivity contribution in [1.82, 2.24) is 15.6 Å². The average molecular weight is 1760 g/mol. The van der Waals surface area contributed by atoms with Gasteiger partial charge in [0.05, 0.1) is 13.2 Å². The number of alkyl carbamates (subject to hydrolysis) is 1. The molecule has 115 heavy (non-hydrogen) atoms. The van der Waals surface area contributed by atoms with E-state index >= 15 is 0 Å². The summed E-state index contributed by atoms with van der Waals surface area (Å²) in [7, 11) is -1.90. The van der Waals surface area contributed by atoms with Crippen LogP contribution in [0.5, 0.6) is 0 Å². The van der Waals surface area contributed by atoms with Crippen molar-refractivity contribution < 1.29 is 273 Å². The van der Waals surface area contributed by atoms with Crippen LogP contribution in [-0.2, 0) is 264 Å². The molecule has 0 radical (unpaired) electrons. The van der Waals surface area contributed by atoms with Crippen molar-refractivity contribution in [1.29, 1.82) is 0 Å². The van der Waals surface area contributed by atoms with Crippen LogP contribution in [0.4, 0.5) is 4.79 Å². The van der Waals surface area contributed by atoms with Gasteiger partial charge in [-0.15, -0.1) is 0 Å². The van der Waals surface area contributed by atoms with Crippen LogP contribution in [0.1, 0.15) is 226 Å². The second-order valence-electron chi connectivity index (χ2n) is 21.3. The first-order chi connectivity index (χ1) is 56.6. The number of hydrogen-bond acceptors (Lipinski definition) is 57. The number of unbranched alkanes of at least 4 members (excludes halogenated alkanes) is 28. The number of ether oxygens (including phenoxy) is 3. The van der Waals surface area contributed by atoms with Gasteiger partial charge < -0.3 is 34.6 Å². The standard InChI is InChI=1S/C54H96N3O55PS2/c1-3-5-7-9-11-13-15-17-19-21-23-25-27-29-31-36-52(59)65-47-49(70-53(60)37-32-30-28-26-24-22-20-18-16-14-12-10-8-6-4-2)48-69-113(62,63)68-43-41-57-54(61)64-44-45-67-72-74-76-78-80-82-84-86-88-90-92-94-96-98-100-102-104-106-108-110-112-111-109-107-105-103-101-99-97-95-93-91-89-87-85-83-81-79-77-75-73-71-66-42-40-55-50(58)38-46-114-115-51-35-33-34-39-56-51/h33-35,39-40,42,49H,3-32,36-38,41,43-48H2,1-2H3,(H,55,58)(H,57,61)(H,62,63)/b42-40-/t49-/m1/s1. The van der Waals surface area contributed by atoms with E-state index in [1.807, 2.05) is 12.1 Å². The molecule has 1 heterocycles. The number of carbonyl (C=O) groups excluding carboxylic acids is 4. The monoisotopic (exact) mass is 1760 g/mol. The van der Waals surface area contributed by atoms with Crippen LogP contribution < -0.4 is 10.6 Å². The number of phosphoric ester groups is 1. The summed E-state index contributed by atoms with van der Waals surface area (Å²) in [4.78, 5) is 72.4. The largest absolute Gasteiger partial charge is 0.472 e. The number of aromatic nitrogens is 1. The molecular weight excluding hydrogens is 1670 g/mol. The Morgan fingerprint density at radius 3 is 1.14 bits per heavy atom. The molecule has 61 heteroatoms. The maximum absolute atomic E-state index is 12.9. The highest BCUT2D eigenvalue weighted by Gasteiger charge is 2.27. The molecule has 3 N–H and O–H groups in total. The van der Waals surface area contributed by atoms with Gasteiger partial charge in [-0.05, 0) is 76.1 Å². The smallest absolute Gasteiger partial charge is 0.462 e. The van der Waals surface area contributed by atoms with E-state index < -0.39 is 65.0 Å². The van der Waals surface area contributed by atoms with Gasteiger partial charge in [-0.25, -0.2) is 19.2 Å². The molecule has 1 unspecified atom stereocenters. The molecule has 0 aromatic carbocycles. The van der Waals surface area contributed by atoms with Gasteiger partial charge in [-0.1, -0.05) is 210 Å². The fraction of sp³-hybridized carbons (Fsp3) is 0.796. The average Bonchev–Trinajstić information content (AvgIpc) is 0.905. The highest BCUT2D eigenvalue weighted by molar-refractivity contribution is 8.76. The van der Waals surface area contributed by atoms with Crippen LogP contribution in [0.15, 0.2) is 41.9 Å². The van der Waals surface area contributed by atoms with E-state index in [0.29, 0.717) is 18.6 Å². The van der Waals surface area contributed by atoms with Gasteiger partial charge in [0.15, 0.2) is 6.10 Å². The Morgan fingerprint density at radius 2 is 0.765 bits per heavy atom. The minimum absolute atomic E-state index is 0.107. The molecule has 0 saturated heterocycles. The second-order valence-corrected chi connectivity index (χ2v) is 25.2. The molecule has 0 aliphatic rings. The lowest BCUT2D eigenvalue weighted by Crippen LogP contribution is -2.30. The predicted octanol–water partition coefficient (Wildman–Crippen LogP) is 11.7. The van der Waals surface area contributed by atoms with Crippen molar-refractivity contribution in [3.05, 3.63) is 36.9 Å². The number of amides is 2. The Balaban J connectivity index is 1.92. The van der Waals surface area contributed by atoms with Gasteiger partial charge in [-0.3, -0.25) is 23.4 Å². The lowest BCUT2D eigenvalue weighted by Gasteiger charge is -2.20. The van der Waals surface area contributed by atoms with Gasteiger partial charge in [0, 0.05) is 215 Å². The van der Waals surface area contributed by atoms with Crippen LogP contribution in [0, 0.1) is 0 Å². The number of carbonyl (C=O) groups is 4. The molecule has 58 nitrogen and oxygen atoms in total. The highest BCUT2D eigenvalue weighted by Crippen LogP contribution is 2.43. The molecule has 1 rings (SSSR count). The number of pyridine rings is 1. The Morgan fingerprint density at radius 1 is 0.409 bits per heavy atom. The Labute approximate surface area is 659 Å². The molecule has 0 aliphatic heterocycles. The molecule has 1 aromatic rings. The number of nitrogens with zero attached hydrogens (tertiary/aromatic N) is 1. The van der Waals surface area contributed by atoms with Crippen LogP contribution in [-0.4, -0.2) is 85.3 Å². The maximum atomic E-state index is 12.9. The van der Waals surface area contributed by atoms with E-state index in [1.54, 1.807) is 12.3 Å². The zero-order chi connectivity index (χ0) is 82.7. The zero-order valence-electron chi connectivity index (χ0n) is 62.0. The third-order valence-electron chi connectivity index (χ3n) is 12.9. The molecular formula is C54H96N3O55PS2. The van der Waals surface area contributed by atoms with Crippen molar-refractivity contribution in [3.63, 3.8) is 0 Å². The van der Waals surface area contributed by atoms with E-state index in [1.165, 1.54) is 156 Å². The second kappa shape index (κ2) is 90.2. The van der Waals surface area contributed by atoms with E-state index in [0.717, 1.165) is 62.4 Å². The third kappa shape index (κ3) is 87.1. The van der Waals surface area contributed by atoms with Crippen LogP contribution in [0.3, 0.4) is 0 Å². The van der Waals surface area contributed by atoms with Gasteiger partial charge in [0.1, 0.15) is 31.1 Å². The highest BCUT2D eigenvalue weighted by atomic mass is 33.1. The number of hydrogen-bond donors (Lipinski definition) is 3. The third-order valence-corrected chi connectivity index (χ3v) is 16.2. The van der Waals surface area contributed by atoms with E-state index in [-0.39, 0.29) is 31.7 Å². The van der Waals surface area contributed by atoms with Crippen molar-refractivity contribution in [3.8, 4) is 0 Å². The number of phosphoric acid groups is 1. The van der Waals surface area contributed by atoms with Crippen LogP contribution in [0.25, 0.3) is 0 Å². The Kier molecular flexibility index (Phi) is 85.1. The van der Waals surface area contributed by atoms with Crippen molar-refractivity contribution in [2.75, 3.05) is 45.3 Å². The Hall–Kier alpha value is -4.54. The summed E-state index contributed by atoms with van der Waals surface area (Å²) in [6.07, 6.45) is 37.1. The molecule has 1 aromatic heterocycles. The minimum atomic E-state index is -4.77. The lowest BCUT2D eigenvalue weighted by molar-refractivity contribution is -0.909. The molecule has 0 fully saturated rings. The summed E-state index contributed by atoms with van der Waals surface area (Å²) >= 11 is 0. The number of rotatable bonds is 95. The molecule has 2 amide bonds. The summed E-state index contributed by atoms with van der Waals surface area (Å²) in [6.45, 7) is 1.69.